The summed E-state index contributed by atoms with van der Waals surface area (Å²) in [5, 5.41) is 2.74. The van der Waals surface area contributed by atoms with Crippen LogP contribution in [0.15, 0.2) is 42.5 Å². The van der Waals surface area contributed by atoms with E-state index in [-0.39, 0.29) is 18.6 Å². The van der Waals surface area contributed by atoms with Crippen molar-refractivity contribution in [2.24, 2.45) is 0 Å². The molecule has 1 unspecified atom stereocenters. The van der Waals surface area contributed by atoms with Gasteiger partial charge in [0.15, 0.2) is 0 Å². The van der Waals surface area contributed by atoms with E-state index >= 15 is 0 Å². The Morgan fingerprint density at radius 2 is 1.90 bits per heavy atom. The van der Waals surface area contributed by atoms with Crippen LogP contribution in [0.1, 0.15) is 50.7 Å². The third-order valence-corrected chi connectivity index (χ3v) is 4.49. The number of hydrogen-bond donors (Lipinski definition) is 1. The van der Waals surface area contributed by atoms with Gasteiger partial charge in [-0.25, -0.2) is 4.79 Å². The Morgan fingerprint density at radius 1 is 1.13 bits per heavy atom. The van der Waals surface area contributed by atoms with Gasteiger partial charge in [-0.1, -0.05) is 42.5 Å². The summed E-state index contributed by atoms with van der Waals surface area (Å²) in [6.07, 6.45) is 9.19. The average molecular weight is 415 g/mol. The van der Waals surface area contributed by atoms with E-state index in [1.807, 2.05) is 12.1 Å². The Morgan fingerprint density at radius 3 is 2.53 bits per heavy atom. The molecule has 1 aliphatic rings. The van der Waals surface area contributed by atoms with Crippen LogP contribution >= 0.6 is 0 Å². The lowest BCUT2D eigenvalue weighted by atomic mass is 9.96. The zero-order valence-corrected chi connectivity index (χ0v) is 17.5. The highest BCUT2D eigenvalue weighted by Crippen LogP contribution is 2.22. The molecule has 0 aliphatic heterocycles. The highest BCUT2D eigenvalue weighted by atomic mass is 16.8. The zero-order chi connectivity index (χ0) is 21.8. The molecule has 0 bridgehead atoms. The SMILES string of the molecule is CC(C)OC(=O)OCOC(=O)CCC(Cc1ccc(C2=CCCC=C2)cc1)NC=O. The average Bonchev–Trinajstić information content (AvgIpc) is 2.73. The minimum absolute atomic E-state index is 0.0872. The Bertz CT molecular complexity index is 766. The summed E-state index contributed by atoms with van der Waals surface area (Å²) in [6.45, 7) is 2.87. The smallest absolute Gasteiger partial charge is 0.431 e. The minimum Gasteiger partial charge on any atom is -0.431 e. The fraction of sp³-hybridized carbons (Fsp3) is 0.435. The van der Waals surface area contributed by atoms with Crippen molar-refractivity contribution in [1.82, 2.24) is 5.32 Å². The molecule has 1 atom stereocenters. The van der Waals surface area contributed by atoms with E-state index in [1.54, 1.807) is 13.8 Å². The molecular formula is C23H29NO6. The first-order valence-electron chi connectivity index (χ1n) is 10.1. The van der Waals surface area contributed by atoms with Crippen LogP contribution in [0, 0.1) is 0 Å². The van der Waals surface area contributed by atoms with Gasteiger partial charge < -0.3 is 19.5 Å². The summed E-state index contributed by atoms with van der Waals surface area (Å²) in [7, 11) is 0. The van der Waals surface area contributed by atoms with Crippen LogP contribution in [0.4, 0.5) is 4.79 Å². The molecule has 7 heteroatoms. The molecule has 0 saturated carbocycles. The molecule has 1 amide bonds. The lowest BCUT2D eigenvalue weighted by molar-refractivity contribution is -0.153. The molecule has 30 heavy (non-hydrogen) atoms. The van der Waals surface area contributed by atoms with Gasteiger partial charge in [0.25, 0.3) is 0 Å². The monoisotopic (exact) mass is 415 g/mol. The number of esters is 1. The maximum absolute atomic E-state index is 11.8. The van der Waals surface area contributed by atoms with Gasteiger partial charge in [-0.3, -0.25) is 9.59 Å². The standard InChI is InChI=1S/C23H29NO6/c1-17(2)30-23(27)29-16-28-22(26)13-12-21(24-15-25)14-18-8-10-20(11-9-18)19-6-4-3-5-7-19/h4,6-11,15,17,21H,3,5,12-14,16H2,1-2H3,(H,24,25). The van der Waals surface area contributed by atoms with Gasteiger partial charge in [0.1, 0.15) is 0 Å². The van der Waals surface area contributed by atoms with Crippen molar-refractivity contribution in [1.29, 1.82) is 0 Å². The second-order valence-corrected chi connectivity index (χ2v) is 7.26. The fourth-order valence-electron chi connectivity index (χ4n) is 3.02. The van der Waals surface area contributed by atoms with Crippen LogP contribution in [0.3, 0.4) is 0 Å². The molecule has 0 fully saturated rings. The van der Waals surface area contributed by atoms with E-state index in [0.29, 0.717) is 19.3 Å². The zero-order valence-electron chi connectivity index (χ0n) is 17.5. The topological polar surface area (TPSA) is 90.9 Å². The Labute approximate surface area is 177 Å². The summed E-state index contributed by atoms with van der Waals surface area (Å²) in [6, 6.07) is 7.99. The van der Waals surface area contributed by atoms with Crippen molar-refractivity contribution in [3.8, 4) is 0 Å². The van der Waals surface area contributed by atoms with E-state index < -0.39 is 18.9 Å². The molecular weight excluding hydrogens is 386 g/mol. The van der Waals surface area contributed by atoms with E-state index in [1.165, 1.54) is 5.57 Å². The van der Waals surface area contributed by atoms with Crippen LogP contribution < -0.4 is 5.32 Å². The highest BCUT2D eigenvalue weighted by molar-refractivity contribution is 5.74. The Balaban J connectivity index is 1.78. The quantitative estimate of drug-likeness (QED) is 0.335. The minimum atomic E-state index is -0.888. The predicted molar refractivity (Wildman–Crippen MR) is 112 cm³/mol. The van der Waals surface area contributed by atoms with Gasteiger partial charge in [-0.15, -0.1) is 0 Å². The number of rotatable bonds is 11. The third kappa shape index (κ3) is 8.51. The van der Waals surface area contributed by atoms with Crippen molar-refractivity contribution >= 4 is 24.1 Å². The van der Waals surface area contributed by atoms with Crippen molar-refractivity contribution in [2.75, 3.05) is 6.79 Å². The summed E-state index contributed by atoms with van der Waals surface area (Å²) in [5.74, 6) is -0.517. The van der Waals surface area contributed by atoms with Gasteiger partial charge in [0.05, 0.1) is 6.10 Å². The molecule has 0 spiro atoms. The normalized spacial score (nSPS) is 13.9. The molecule has 0 saturated heterocycles. The number of ether oxygens (including phenoxy) is 3. The first kappa shape index (κ1) is 23.2. The van der Waals surface area contributed by atoms with Crippen LogP contribution in [0.5, 0.6) is 0 Å². The maximum atomic E-state index is 11.8. The van der Waals surface area contributed by atoms with Crippen molar-refractivity contribution in [3.05, 3.63) is 53.6 Å². The number of hydrogen-bond acceptors (Lipinski definition) is 6. The molecule has 162 valence electrons. The maximum Gasteiger partial charge on any atom is 0.511 e. The number of carbonyl (C=O) groups excluding carboxylic acids is 3. The van der Waals surface area contributed by atoms with E-state index in [2.05, 4.69) is 40.4 Å². The fourth-order valence-corrected chi connectivity index (χ4v) is 3.02. The Hall–Kier alpha value is -3.09. The lowest BCUT2D eigenvalue weighted by Crippen LogP contribution is -2.31. The van der Waals surface area contributed by atoms with Crippen molar-refractivity contribution in [2.45, 2.75) is 58.1 Å². The summed E-state index contributed by atoms with van der Waals surface area (Å²) in [4.78, 5) is 34.0. The van der Waals surface area contributed by atoms with Gasteiger partial charge in [-0.05, 0) is 56.2 Å². The summed E-state index contributed by atoms with van der Waals surface area (Å²) >= 11 is 0. The first-order chi connectivity index (χ1) is 14.5. The summed E-state index contributed by atoms with van der Waals surface area (Å²) in [5.41, 5.74) is 3.44. The Kier molecular flexibility index (Phi) is 9.64. The van der Waals surface area contributed by atoms with Crippen molar-refractivity contribution in [3.63, 3.8) is 0 Å². The van der Waals surface area contributed by atoms with E-state index in [0.717, 1.165) is 24.0 Å². The second kappa shape index (κ2) is 12.5. The van der Waals surface area contributed by atoms with Gasteiger partial charge in [0, 0.05) is 12.5 Å². The lowest BCUT2D eigenvalue weighted by Gasteiger charge is -2.16. The molecule has 1 aromatic rings. The molecule has 1 aliphatic carbocycles. The molecule has 1 aromatic carbocycles. The van der Waals surface area contributed by atoms with Crippen LogP contribution in [0.25, 0.3) is 5.57 Å². The number of amides is 1. The van der Waals surface area contributed by atoms with Gasteiger partial charge >= 0.3 is 12.1 Å². The number of nitrogens with one attached hydrogen (secondary N) is 1. The molecule has 2 rings (SSSR count). The molecule has 0 aromatic heterocycles. The predicted octanol–water partition coefficient (Wildman–Crippen LogP) is 3.92. The molecule has 0 heterocycles. The molecule has 0 radical (unpaired) electrons. The van der Waals surface area contributed by atoms with E-state index in [9.17, 15) is 14.4 Å². The second-order valence-electron chi connectivity index (χ2n) is 7.26. The van der Waals surface area contributed by atoms with Crippen molar-refractivity contribution < 1.29 is 28.6 Å². The van der Waals surface area contributed by atoms with Crippen LogP contribution in [-0.2, 0) is 30.2 Å². The largest absolute Gasteiger partial charge is 0.511 e. The number of benzene rings is 1. The van der Waals surface area contributed by atoms with Gasteiger partial charge in [-0.2, -0.15) is 0 Å². The third-order valence-electron chi connectivity index (χ3n) is 4.49. The van der Waals surface area contributed by atoms with Crippen LogP contribution in [0.2, 0.25) is 0 Å². The highest BCUT2D eigenvalue weighted by Gasteiger charge is 2.14. The molecule has 7 nitrogen and oxygen atoms in total. The number of allylic oxidation sites excluding steroid dienone is 4. The number of carbonyl (C=O) groups is 3. The van der Waals surface area contributed by atoms with E-state index in [4.69, 9.17) is 9.47 Å². The molecule has 1 N–H and O–H groups in total. The summed E-state index contributed by atoms with van der Waals surface area (Å²) < 4.78 is 14.3. The first-order valence-corrected chi connectivity index (χ1v) is 10.1. The van der Waals surface area contributed by atoms with Gasteiger partial charge in [0.2, 0.25) is 13.2 Å². The van der Waals surface area contributed by atoms with Crippen LogP contribution in [-0.4, -0.2) is 37.5 Å².